The molecule has 0 saturated carbocycles. The number of fused-ring (bicyclic) bond motifs is 1. The van der Waals surface area contributed by atoms with Gasteiger partial charge in [0.2, 0.25) is 5.91 Å². The van der Waals surface area contributed by atoms with E-state index in [1.54, 1.807) is 18.2 Å². The van der Waals surface area contributed by atoms with Gasteiger partial charge in [-0.3, -0.25) is 4.79 Å². The van der Waals surface area contributed by atoms with Crippen LogP contribution in [0.15, 0.2) is 22.6 Å². The van der Waals surface area contributed by atoms with Crippen LogP contribution in [0.3, 0.4) is 0 Å². The molecule has 3 amide bonds. The van der Waals surface area contributed by atoms with E-state index in [9.17, 15) is 9.59 Å². The van der Waals surface area contributed by atoms with E-state index in [4.69, 9.17) is 16.6 Å². The van der Waals surface area contributed by atoms with Crippen molar-refractivity contribution in [1.82, 2.24) is 15.6 Å². The fourth-order valence-corrected chi connectivity index (χ4v) is 1.68. The Hall–Kier alpha value is -2.35. The summed E-state index contributed by atoms with van der Waals surface area (Å²) in [5, 5.41) is 7.37. The van der Waals surface area contributed by atoms with E-state index in [2.05, 4.69) is 20.9 Å². The van der Waals surface area contributed by atoms with E-state index in [1.807, 2.05) is 0 Å². The van der Waals surface area contributed by atoms with E-state index in [-0.39, 0.29) is 17.3 Å². The highest BCUT2D eigenvalue weighted by Crippen LogP contribution is 2.18. The van der Waals surface area contributed by atoms with E-state index in [0.717, 1.165) is 5.52 Å². The molecule has 1 aromatic carbocycles. The summed E-state index contributed by atoms with van der Waals surface area (Å²) in [4.78, 5) is 25.6. The number of hydrogen-bond acceptors (Lipinski definition) is 4. The summed E-state index contributed by atoms with van der Waals surface area (Å²) in [6, 6.07) is 4.69. The maximum absolute atomic E-state index is 11.6. The Balaban J connectivity index is 2.02. The number of aromatic amines is 1. The zero-order chi connectivity index (χ0) is 13.8. The summed E-state index contributed by atoms with van der Waals surface area (Å²) >= 11 is 4.86. The van der Waals surface area contributed by atoms with Crippen molar-refractivity contribution in [3.05, 3.63) is 23.0 Å². The van der Waals surface area contributed by atoms with Gasteiger partial charge in [0.15, 0.2) is 5.58 Å². The molecule has 0 aliphatic heterocycles. The van der Waals surface area contributed by atoms with Crippen molar-refractivity contribution in [3.63, 3.8) is 0 Å². The molecule has 8 heteroatoms. The summed E-state index contributed by atoms with van der Waals surface area (Å²) in [6.07, 6.45) is 0. The minimum atomic E-state index is -0.415. The third-order valence-corrected chi connectivity index (χ3v) is 2.53. The Morgan fingerprint density at radius 1 is 1.42 bits per heavy atom. The topological polar surface area (TPSA) is 99.2 Å². The molecule has 2 aromatic rings. The molecule has 0 saturated heterocycles. The van der Waals surface area contributed by atoms with Gasteiger partial charge >= 0.3 is 6.03 Å². The highest BCUT2D eigenvalue weighted by atomic mass is 32.1. The van der Waals surface area contributed by atoms with Gasteiger partial charge in [0.1, 0.15) is 0 Å². The van der Waals surface area contributed by atoms with Gasteiger partial charge in [0.05, 0.1) is 12.1 Å². The van der Waals surface area contributed by atoms with Gasteiger partial charge in [-0.05, 0) is 24.4 Å². The first-order valence-electron chi connectivity index (χ1n) is 5.47. The second-order valence-corrected chi connectivity index (χ2v) is 4.08. The van der Waals surface area contributed by atoms with Gasteiger partial charge in [-0.1, -0.05) is 0 Å². The summed E-state index contributed by atoms with van der Waals surface area (Å²) < 4.78 is 5.23. The van der Waals surface area contributed by atoms with Crippen LogP contribution in [0, 0.1) is 4.84 Å². The van der Waals surface area contributed by atoms with Gasteiger partial charge in [0.25, 0.3) is 4.84 Å². The van der Waals surface area contributed by atoms with Crippen LogP contribution < -0.4 is 16.0 Å². The Morgan fingerprint density at radius 3 is 2.95 bits per heavy atom. The SMILES string of the molecule is CNC(=O)NCC(=O)Nc1ccc2[nH]c(=S)oc2c1. The monoisotopic (exact) mass is 280 g/mol. The number of urea groups is 1. The maximum atomic E-state index is 11.6. The quantitative estimate of drug-likeness (QED) is 0.638. The van der Waals surface area contributed by atoms with Crippen LogP contribution in [0.4, 0.5) is 10.5 Å². The normalized spacial score (nSPS) is 10.2. The van der Waals surface area contributed by atoms with Gasteiger partial charge in [-0.15, -0.1) is 0 Å². The van der Waals surface area contributed by atoms with Crippen molar-refractivity contribution in [1.29, 1.82) is 0 Å². The van der Waals surface area contributed by atoms with Crippen LogP contribution in [-0.4, -0.2) is 30.5 Å². The van der Waals surface area contributed by atoms with E-state index in [1.165, 1.54) is 7.05 Å². The lowest BCUT2D eigenvalue weighted by atomic mass is 10.3. The summed E-state index contributed by atoms with van der Waals surface area (Å²) in [5.41, 5.74) is 1.88. The second kappa shape index (κ2) is 5.53. The van der Waals surface area contributed by atoms with Gasteiger partial charge in [-0.2, -0.15) is 0 Å². The smallest absolute Gasteiger partial charge is 0.314 e. The van der Waals surface area contributed by atoms with Crippen molar-refractivity contribution < 1.29 is 14.0 Å². The zero-order valence-electron chi connectivity index (χ0n) is 10.1. The highest BCUT2D eigenvalue weighted by Gasteiger charge is 2.06. The maximum Gasteiger partial charge on any atom is 0.314 e. The van der Waals surface area contributed by atoms with Gasteiger partial charge in [-0.25, -0.2) is 4.79 Å². The lowest BCUT2D eigenvalue weighted by Crippen LogP contribution is -2.38. The Kier molecular flexibility index (Phi) is 3.81. The summed E-state index contributed by atoms with van der Waals surface area (Å²) in [5.74, 6) is -0.336. The van der Waals surface area contributed by atoms with Crippen molar-refractivity contribution in [2.24, 2.45) is 0 Å². The van der Waals surface area contributed by atoms with Crippen LogP contribution in [0.2, 0.25) is 0 Å². The molecule has 0 aliphatic rings. The molecule has 7 nitrogen and oxygen atoms in total. The summed E-state index contributed by atoms with van der Waals surface area (Å²) in [6.45, 7) is -0.117. The second-order valence-electron chi connectivity index (χ2n) is 3.71. The molecular weight excluding hydrogens is 268 g/mol. The number of oxazole rings is 1. The number of amides is 3. The van der Waals surface area contributed by atoms with Crippen LogP contribution >= 0.6 is 12.2 Å². The fourth-order valence-electron chi connectivity index (χ4n) is 1.48. The highest BCUT2D eigenvalue weighted by molar-refractivity contribution is 7.71. The Labute approximate surface area is 113 Å². The van der Waals surface area contributed by atoms with Gasteiger partial charge in [0, 0.05) is 18.8 Å². The molecule has 19 heavy (non-hydrogen) atoms. The fraction of sp³-hybridized carbons (Fsp3) is 0.182. The van der Waals surface area contributed by atoms with Gasteiger partial charge < -0.3 is 25.4 Å². The lowest BCUT2D eigenvalue weighted by molar-refractivity contribution is -0.115. The standard InChI is InChI=1S/C11H12N4O3S/c1-12-10(17)13-5-9(16)14-6-2-3-7-8(4-6)18-11(19)15-7/h2-4H,5H2,1H3,(H,14,16)(H,15,19)(H2,12,13,17). The molecule has 4 N–H and O–H groups in total. The molecule has 0 bridgehead atoms. The average molecular weight is 280 g/mol. The number of benzene rings is 1. The molecule has 0 fully saturated rings. The predicted octanol–water partition coefficient (Wildman–Crippen LogP) is 1.36. The number of aromatic nitrogens is 1. The molecule has 0 atom stereocenters. The molecule has 0 unspecified atom stereocenters. The molecule has 1 aromatic heterocycles. The largest absolute Gasteiger partial charge is 0.429 e. The van der Waals surface area contributed by atoms with E-state index >= 15 is 0 Å². The van der Waals surface area contributed by atoms with Crippen molar-refractivity contribution in [2.75, 3.05) is 18.9 Å². The number of hydrogen-bond donors (Lipinski definition) is 4. The first-order valence-corrected chi connectivity index (χ1v) is 5.87. The number of H-pyrrole nitrogens is 1. The molecule has 0 aliphatic carbocycles. The van der Waals surface area contributed by atoms with E-state index < -0.39 is 6.03 Å². The average Bonchev–Trinajstić information content (AvgIpc) is 2.75. The molecular formula is C11H12N4O3S. The number of nitrogens with one attached hydrogen (secondary N) is 4. The van der Waals surface area contributed by atoms with E-state index in [0.29, 0.717) is 11.3 Å². The molecule has 100 valence electrons. The Morgan fingerprint density at radius 2 is 2.21 bits per heavy atom. The third-order valence-electron chi connectivity index (χ3n) is 2.34. The number of carbonyl (C=O) groups is 2. The van der Waals surface area contributed by atoms with Crippen molar-refractivity contribution in [2.45, 2.75) is 0 Å². The Bertz CT molecular complexity index is 676. The van der Waals surface area contributed by atoms with Crippen LogP contribution in [-0.2, 0) is 4.79 Å². The van der Waals surface area contributed by atoms with Crippen LogP contribution in [0.5, 0.6) is 0 Å². The van der Waals surface area contributed by atoms with Crippen molar-refractivity contribution >= 4 is 40.9 Å². The van der Waals surface area contributed by atoms with Crippen molar-refractivity contribution in [3.8, 4) is 0 Å². The number of rotatable bonds is 3. The number of carbonyl (C=O) groups excluding carboxylic acids is 2. The molecule has 1 heterocycles. The summed E-state index contributed by atoms with van der Waals surface area (Å²) in [7, 11) is 1.47. The molecule has 0 spiro atoms. The third kappa shape index (κ3) is 3.32. The predicted molar refractivity (Wildman–Crippen MR) is 72.5 cm³/mol. The zero-order valence-corrected chi connectivity index (χ0v) is 10.9. The first-order chi connectivity index (χ1) is 9.08. The molecule has 0 radical (unpaired) electrons. The minimum Gasteiger partial charge on any atom is -0.429 e. The molecule has 2 rings (SSSR count). The first kappa shape index (κ1) is 13.1. The number of anilines is 1. The van der Waals surface area contributed by atoms with Crippen LogP contribution in [0.1, 0.15) is 0 Å². The lowest BCUT2D eigenvalue weighted by Gasteiger charge is -2.06. The minimum absolute atomic E-state index is 0.117. The van der Waals surface area contributed by atoms with Crippen LogP contribution in [0.25, 0.3) is 11.1 Å².